The van der Waals surface area contributed by atoms with Crippen molar-refractivity contribution in [3.8, 4) is 5.69 Å². The highest BCUT2D eigenvalue weighted by Gasteiger charge is 2.30. The molecule has 3 aromatic rings. The normalized spacial score (nSPS) is 12.0. The number of aromatic amines is 1. The van der Waals surface area contributed by atoms with Crippen molar-refractivity contribution >= 4 is 23.3 Å². The molecular formula is C14H8F4N2S. The van der Waals surface area contributed by atoms with Crippen molar-refractivity contribution in [1.29, 1.82) is 0 Å². The fourth-order valence-electron chi connectivity index (χ4n) is 2.13. The van der Waals surface area contributed by atoms with E-state index >= 15 is 0 Å². The zero-order chi connectivity index (χ0) is 15.2. The first-order chi connectivity index (χ1) is 9.86. The monoisotopic (exact) mass is 312 g/mol. The quantitative estimate of drug-likeness (QED) is 0.503. The Balaban J connectivity index is 2.19. The summed E-state index contributed by atoms with van der Waals surface area (Å²) in [7, 11) is 0. The molecule has 1 aromatic heterocycles. The number of imidazole rings is 1. The van der Waals surface area contributed by atoms with Crippen molar-refractivity contribution in [3.63, 3.8) is 0 Å². The van der Waals surface area contributed by atoms with Crippen molar-refractivity contribution in [2.45, 2.75) is 6.18 Å². The van der Waals surface area contributed by atoms with E-state index in [2.05, 4.69) is 4.98 Å². The molecule has 0 atom stereocenters. The van der Waals surface area contributed by atoms with E-state index in [1.165, 1.54) is 34.9 Å². The average molecular weight is 312 g/mol. The van der Waals surface area contributed by atoms with Crippen LogP contribution in [-0.2, 0) is 6.18 Å². The molecule has 0 aliphatic rings. The largest absolute Gasteiger partial charge is 0.416 e. The number of hydrogen-bond acceptors (Lipinski definition) is 1. The minimum atomic E-state index is -4.40. The third kappa shape index (κ3) is 2.44. The second-order valence-corrected chi connectivity index (χ2v) is 4.86. The number of rotatable bonds is 1. The number of halogens is 4. The molecule has 0 bridgehead atoms. The van der Waals surface area contributed by atoms with Crippen molar-refractivity contribution in [2.75, 3.05) is 0 Å². The van der Waals surface area contributed by atoms with Crippen LogP contribution < -0.4 is 0 Å². The number of fused-ring (bicyclic) bond motifs is 1. The van der Waals surface area contributed by atoms with E-state index in [-0.39, 0.29) is 4.77 Å². The highest BCUT2D eigenvalue weighted by atomic mass is 32.1. The molecule has 108 valence electrons. The molecule has 1 N–H and O–H groups in total. The molecule has 0 saturated heterocycles. The van der Waals surface area contributed by atoms with Gasteiger partial charge in [0.15, 0.2) is 4.77 Å². The minimum Gasteiger partial charge on any atom is -0.330 e. The zero-order valence-electron chi connectivity index (χ0n) is 10.4. The summed E-state index contributed by atoms with van der Waals surface area (Å²) in [5, 5.41) is 0. The summed E-state index contributed by atoms with van der Waals surface area (Å²) in [5.41, 5.74) is 0.773. The van der Waals surface area contributed by atoms with Crippen LogP contribution in [0.5, 0.6) is 0 Å². The topological polar surface area (TPSA) is 20.7 Å². The summed E-state index contributed by atoms with van der Waals surface area (Å²) in [5.74, 6) is -0.447. The molecule has 0 saturated carbocycles. The Morgan fingerprint density at radius 1 is 1.00 bits per heavy atom. The predicted molar refractivity (Wildman–Crippen MR) is 73.4 cm³/mol. The van der Waals surface area contributed by atoms with Gasteiger partial charge in [0.25, 0.3) is 0 Å². The maximum atomic E-state index is 13.4. The van der Waals surface area contributed by atoms with Gasteiger partial charge in [-0.15, -0.1) is 0 Å². The maximum Gasteiger partial charge on any atom is 0.416 e. The summed E-state index contributed by atoms with van der Waals surface area (Å²) < 4.78 is 52.8. The summed E-state index contributed by atoms with van der Waals surface area (Å²) in [6.45, 7) is 0. The number of nitrogens with one attached hydrogen (secondary N) is 1. The van der Waals surface area contributed by atoms with Gasteiger partial charge >= 0.3 is 6.18 Å². The third-order valence-electron chi connectivity index (χ3n) is 3.10. The van der Waals surface area contributed by atoms with Gasteiger partial charge in [0.1, 0.15) is 5.82 Å². The van der Waals surface area contributed by atoms with Crippen molar-refractivity contribution in [1.82, 2.24) is 9.55 Å². The molecule has 0 radical (unpaired) electrons. The van der Waals surface area contributed by atoms with Gasteiger partial charge in [-0.05, 0) is 48.6 Å². The van der Waals surface area contributed by atoms with Gasteiger partial charge in [-0.25, -0.2) is 4.39 Å². The van der Waals surface area contributed by atoms with Crippen LogP contribution in [-0.4, -0.2) is 9.55 Å². The van der Waals surface area contributed by atoms with Crippen LogP contribution >= 0.6 is 12.2 Å². The van der Waals surface area contributed by atoms with Gasteiger partial charge in [0, 0.05) is 11.8 Å². The fourth-order valence-corrected chi connectivity index (χ4v) is 2.45. The number of H-pyrrole nitrogens is 1. The van der Waals surface area contributed by atoms with Crippen molar-refractivity contribution < 1.29 is 17.6 Å². The second kappa shape index (κ2) is 4.70. The summed E-state index contributed by atoms with van der Waals surface area (Å²) >= 11 is 5.15. The van der Waals surface area contributed by atoms with E-state index in [0.29, 0.717) is 16.7 Å². The molecule has 21 heavy (non-hydrogen) atoms. The van der Waals surface area contributed by atoms with Crippen molar-refractivity contribution in [2.24, 2.45) is 0 Å². The summed E-state index contributed by atoms with van der Waals surface area (Å²) in [4.78, 5) is 2.89. The lowest BCUT2D eigenvalue weighted by atomic mass is 10.2. The van der Waals surface area contributed by atoms with Gasteiger partial charge in [0.2, 0.25) is 0 Å². The average Bonchev–Trinajstić information content (AvgIpc) is 2.73. The van der Waals surface area contributed by atoms with Crippen molar-refractivity contribution in [3.05, 3.63) is 58.6 Å². The number of aromatic nitrogens is 2. The van der Waals surface area contributed by atoms with Crippen LogP contribution in [0.15, 0.2) is 42.5 Å². The molecular weight excluding hydrogens is 304 g/mol. The molecule has 2 aromatic carbocycles. The Morgan fingerprint density at radius 2 is 1.67 bits per heavy atom. The Bertz CT molecular complexity index is 859. The van der Waals surface area contributed by atoms with Gasteiger partial charge in [-0.1, -0.05) is 0 Å². The van der Waals surface area contributed by atoms with E-state index in [4.69, 9.17) is 12.2 Å². The lowest BCUT2D eigenvalue weighted by molar-refractivity contribution is -0.137. The van der Waals surface area contributed by atoms with E-state index < -0.39 is 17.6 Å². The molecule has 0 spiro atoms. The summed E-state index contributed by atoms with van der Waals surface area (Å²) in [6.07, 6.45) is -4.40. The SMILES string of the molecule is Fc1ccc2[nH]c(=S)n(-c3ccc(C(F)(F)F)cc3)c2c1. The molecule has 0 aliphatic heterocycles. The van der Waals surface area contributed by atoms with E-state index in [1.807, 2.05) is 0 Å². The van der Waals surface area contributed by atoms with Crippen LogP contribution in [0.3, 0.4) is 0 Å². The van der Waals surface area contributed by atoms with Crippen LogP contribution in [0.25, 0.3) is 16.7 Å². The van der Waals surface area contributed by atoms with Crippen LogP contribution in [0, 0.1) is 10.6 Å². The Kier molecular flexibility index (Phi) is 3.09. The lowest BCUT2D eigenvalue weighted by Crippen LogP contribution is -2.05. The van der Waals surface area contributed by atoms with E-state index in [0.717, 1.165) is 12.1 Å². The van der Waals surface area contributed by atoms with Gasteiger partial charge in [-0.3, -0.25) is 4.57 Å². The molecule has 2 nitrogen and oxygen atoms in total. The summed E-state index contributed by atoms with van der Waals surface area (Å²) in [6, 6.07) is 8.63. The highest BCUT2D eigenvalue weighted by Crippen LogP contribution is 2.30. The van der Waals surface area contributed by atoms with E-state index in [9.17, 15) is 17.6 Å². The van der Waals surface area contributed by atoms with Crippen LogP contribution in [0.1, 0.15) is 5.56 Å². The minimum absolute atomic E-state index is 0.287. The van der Waals surface area contributed by atoms with Gasteiger partial charge < -0.3 is 4.98 Å². The molecule has 0 aliphatic carbocycles. The predicted octanol–water partition coefficient (Wildman–Crippen LogP) is 4.85. The molecule has 7 heteroatoms. The maximum absolute atomic E-state index is 13.4. The standard InChI is InChI=1S/C14H8F4N2S/c15-9-3-6-11-12(7-9)20(13(21)19-11)10-4-1-8(2-5-10)14(16,17)18/h1-7H,(H,19,21). The van der Waals surface area contributed by atoms with Gasteiger partial charge in [-0.2, -0.15) is 13.2 Å². The first-order valence-electron chi connectivity index (χ1n) is 5.94. The highest BCUT2D eigenvalue weighted by molar-refractivity contribution is 7.71. The number of nitrogens with zero attached hydrogens (tertiary/aromatic N) is 1. The third-order valence-corrected chi connectivity index (χ3v) is 3.38. The number of alkyl halides is 3. The van der Waals surface area contributed by atoms with Gasteiger partial charge in [0.05, 0.1) is 16.6 Å². The molecule has 1 heterocycles. The Labute approximate surface area is 121 Å². The lowest BCUT2D eigenvalue weighted by Gasteiger charge is -2.09. The first-order valence-corrected chi connectivity index (χ1v) is 6.35. The Hall–Kier alpha value is -2.15. The molecule has 0 fully saturated rings. The smallest absolute Gasteiger partial charge is 0.330 e. The zero-order valence-corrected chi connectivity index (χ0v) is 11.2. The fraction of sp³-hybridized carbons (Fsp3) is 0.0714. The van der Waals surface area contributed by atoms with Crippen LogP contribution in [0.2, 0.25) is 0 Å². The number of hydrogen-bond donors (Lipinski definition) is 1. The van der Waals surface area contributed by atoms with E-state index in [1.54, 1.807) is 0 Å². The number of benzene rings is 2. The van der Waals surface area contributed by atoms with Crippen LogP contribution in [0.4, 0.5) is 17.6 Å². The Morgan fingerprint density at radius 3 is 2.29 bits per heavy atom. The molecule has 3 rings (SSSR count). The first kappa shape index (κ1) is 13.8. The molecule has 0 unspecified atom stereocenters. The second-order valence-electron chi connectivity index (χ2n) is 4.47. The molecule has 0 amide bonds.